The highest BCUT2D eigenvalue weighted by atomic mass is 35.5. The van der Waals surface area contributed by atoms with Crippen molar-refractivity contribution in [2.24, 2.45) is 0 Å². The van der Waals surface area contributed by atoms with Crippen molar-refractivity contribution in [3.8, 4) is 17.9 Å². The normalized spacial score (nSPS) is 8.60. The van der Waals surface area contributed by atoms with Crippen LogP contribution in [0.5, 0.6) is 0 Å². The number of nitriles is 1. The Kier molecular flexibility index (Phi) is 3.22. The number of nitrogens with zero attached hydrogens (tertiary/aromatic N) is 3. The van der Waals surface area contributed by atoms with Crippen LogP contribution >= 0.6 is 11.6 Å². The van der Waals surface area contributed by atoms with E-state index in [0.29, 0.717) is 11.1 Å². The highest BCUT2D eigenvalue weighted by Crippen LogP contribution is 2.27. The van der Waals surface area contributed by atoms with E-state index in [1.807, 2.05) is 0 Å². The van der Waals surface area contributed by atoms with Gasteiger partial charge in [-0.1, -0.05) is 11.6 Å². The summed E-state index contributed by atoms with van der Waals surface area (Å²) in [5.41, 5.74) is 0.358. The first kappa shape index (κ1) is 11.0. The Balaban J connectivity index is 3.43. The molecule has 1 heterocycles. The molecule has 6 heteroatoms. The lowest BCUT2D eigenvalue weighted by Crippen LogP contribution is -1.97. The monoisotopic (exact) mass is 221 g/mol. The van der Waals surface area contributed by atoms with E-state index in [9.17, 15) is 10.1 Å². The zero-order chi connectivity index (χ0) is 11.4. The van der Waals surface area contributed by atoms with E-state index < -0.39 is 4.92 Å². The number of rotatable bonds is 1. The molecule has 0 amide bonds. The summed E-state index contributed by atoms with van der Waals surface area (Å²) in [6.07, 6.45) is 1.30. The lowest BCUT2D eigenvalue weighted by molar-refractivity contribution is -0.385. The van der Waals surface area contributed by atoms with Gasteiger partial charge in [-0.25, -0.2) is 4.98 Å². The molecule has 0 unspecified atom stereocenters. The Morgan fingerprint density at radius 1 is 1.67 bits per heavy atom. The van der Waals surface area contributed by atoms with Gasteiger partial charge < -0.3 is 0 Å². The first-order valence-corrected chi connectivity index (χ1v) is 4.15. The number of hydrogen-bond acceptors (Lipinski definition) is 4. The van der Waals surface area contributed by atoms with Crippen molar-refractivity contribution in [3.05, 3.63) is 32.6 Å². The van der Waals surface area contributed by atoms with E-state index in [0.717, 1.165) is 0 Å². The van der Waals surface area contributed by atoms with Crippen molar-refractivity contribution >= 4 is 17.3 Å². The molecule has 0 radical (unpaired) electrons. The molecular weight excluding hydrogens is 218 g/mol. The molecule has 0 aliphatic carbocycles. The van der Waals surface area contributed by atoms with Crippen LogP contribution in [-0.4, -0.2) is 9.91 Å². The molecule has 0 N–H and O–H groups in total. The predicted octanol–water partition coefficient (Wildman–Crippen LogP) is 1.83. The van der Waals surface area contributed by atoms with Gasteiger partial charge in [-0.15, -0.1) is 0 Å². The van der Waals surface area contributed by atoms with E-state index >= 15 is 0 Å². The van der Waals surface area contributed by atoms with Crippen molar-refractivity contribution in [2.75, 3.05) is 0 Å². The minimum Gasteiger partial charge on any atom is -0.258 e. The highest BCUT2D eigenvalue weighted by molar-refractivity contribution is 6.31. The van der Waals surface area contributed by atoms with Gasteiger partial charge in [0.05, 0.1) is 10.5 Å². The number of pyridine rings is 1. The molecule has 1 rings (SSSR count). The Morgan fingerprint density at radius 3 is 2.87 bits per heavy atom. The van der Waals surface area contributed by atoms with Crippen LogP contribution in [0.15, 0.2) is 6.20 Å². The summed E-state index contributed by atoms with van der Waals surface area (Å²) in [5.74, 6) is 4.59. The molecular formula is C9H4ClN3O2. The van der Waals surface area contributed by atoms with Crippen LogP contribution in [0.3, 0.4) is 0 Å². The molecule has 0 spiro atoms. The molecule has 0 atom stereocenters. The topological polar surface area (TPSA) is 79.8 Å². The third-order valence-electron chi connectivity index (χ3n) is 1.70. The van der Waals surface area contributed by atoms with E-state index in [1.54, 1.807) is 6.07 Å². The lowest BCUT2D eigenvalue weighted by Gasteiger charge is -2.00. The van der Waals surface area contributed by atoms with Gasteiger partial charge in [0, 0.05) is 17.7 Å². The first-order valence-electron chi connectivity index (χ1n) is 3.77. The molecule has 0 aliphatic heterocycles. The van der Waals surface area contributed by atoms with E-state index in [1.165, 1.54) is 13.1 Å². The molecule has 0 aliphatic rings. The van der Waals surface area contributed by atoms with Crippen LogP contribution in [-0.2, 0) is 0 Å². The zero-order valence-electron chi connectivity index (χ0n) is 7.61. The summed E-state index contributed by atoms with van der Waals surface area (Å²) in [4.78, 5) is 13.6. The fraction of sp³-hybridized carbons (Fsp3) is 0.111. The fourth-order valence-corrected chi connectivity index (χ4v) is 1.25. The quantitative estimate of drug-likeness (QED) is 0.314. The third kappa shape index (κ3) is 2.22. The summed E-state index contributed by atoms with van der Waals surface area (Å²) >= 11 is 5.56. The first-order chi connectivity index (χ1) is 7.07. The van der Waals surface area contributed by atoms with Gasteiger partial charge in [0.1, 0.15) is 0 Å². The molecule has 74 valence electrons. The van der Waals surface area contributed by atoms with Crippen LogP contribution in [0.2, 0.25) is 5.15 Å². The van der Waals surface area contributed by atoms with Gasteiger partial charge >= 0.3 is 5.69 Å². The zero-order valence-corrected chi connectivity index (χ0v) is 8.37. The summed E-state index contributed by atoms with van der Waals surface area (Å²) in [7, 11) is 0. The minimum absolute atomic E-state index is 0.181. The molecule has 0 fully saturated rings. The highest BCUT2D eigenvalue weighted by Gasteiger charge is 2.19. The van der Waals surface area contributed by atoms with Gasteiger partial charge in [0.15, 0.2) is 6.07 Å². The molecule has 5 nitrogen and oxygen atoms in total. The molecule has 0 aromatic carbocycles. The Hall–Kier alpha value is -2.11. The maximum Gasteiger partial charge on any atom is 0.310 e. The van der Waals surface area contributed by atoms with Gasteiger partial charge in [-0.05, 0) is 12.8 Å². The van der Waals surface area contributed by atoms with E-state index in [4.69, 9.17) is 16.9 Å². The second kappa shape index (κ2) is 4.41. The van der Waals surface area contributed by atoms with Crippen molar-refractivity contribution in [2.45, 2.75) is 6.92 Å². The van der Waals surface area contributed by atoms with Crippen LogP contribution in [0.4, 0.5) is 5.69 Å². The van der Waals surface area contributed by atoms with Crippen LogP contribution in [0, 0.1) is 40.2 Å². The van der Waals surface area contributed by atoms with Crippen LogP contribution in [0.1, 0.15) is 11.1 Å². The fourth-order valence-electron chi connectivity index (χ4n) is 0.995. The maximum atomic E-state index is 10.6. The summed E-state index contributed by atoms with van der Waals surface area (Å²) < 4.78 is 0. The molecule has 0 bridgehead atoms. The third-order valence-corrected chi connectivity index (χ3v) is 1.97. The summed E-state index contributed by atoms with van der Waals surface area (Å²) in [5, 5.41) is 18.7. The molecule has 1 aromatic heterocycles. The smallest absolute Gasteiger partial charge is 0.258 e. The van der Waals surface area contributed by atoms with E-state index in [-0.39, 0.29) is 10.8 Å². The maximum absolute atomic E-state index is 10.6. The number of hydrogen-bond donors (Lipinski definition) is 0. The number of nitro groups is 1. The van der Waals surface area contributed by atoms with Gasteiger partial charge in [0.2, 0.25) is 5.15 Å². The summed E-state index contributed by atoms with van der Waals surface area (Å²) in [6.45, 7) is 1.51. The van der Waals surface area contributed by atoms with Crippen LogP contribution < -0.4 is 0 Å². The molecule has 15 heavy (non-hydrogen) atoms. The SMILES string of the molecule is Cc1c(C#CC#N)cnc(Cl)c1[N+](=O)[O-]. The minimum atomic E-state index is -0.623. The Bertz CT molecular complexity index is 523. The Morgan fingerprint density at radius 2 is 2.33 bits per heavy atom. The number of aromatic nitrogens is 1. The van der Waals surface area contributed by atoms with Crippen molar-refractivity contribution in [1.82, 2.24) is 4.98 Å². The van der Waals surface area contributed by atoms with Gasteiger partial charge in [0.25, 0.3) is 0 Å². The van der Waals surface area contributed by atoms with Crippen LogP contribution in [0.25, 0.3) is 0 Å². The van der Waals surface area contributed by atoms with Crippen molar-refractivity contribution < 1.29 is 4.92 Å². The average Bonchev–Trinajstić information content (AvgIpc) is 2.16. The second-order valence-corrected chi connectivity index (χ2v) is 2.91. The number of halogens is 1. The Labute approximate surface area is 90.5 Å². The molecule has 0 saturated carbocycles. The standard InChI is InChI=1S/C9H4ClN3O2/c1-6-7(3-2-4-11)5-12-9(10)8(6)13(14)15/h5H,1H3. The van der Waals surface area contributed by atoms with Crippen molar-refractivity contribution in [3.63, 3.8) is 0 Å². The van der Waals surface area contributed by atoms with Crippen molar-refractivity contribution in [1.29, 1.82) is 5.26 Å². The average molecular weight is 222 g/mol. The molecule has 0 saturated heterocycles. The van der Waals surface area contributed by atoms with E-state index in [2.05, 4.69) is 16.8 Å². The molecule has 1 aromatic rings. The summed E-state index contributed by atoms with van der Waals surface area (Å²) in [6, 6.07) is 1.61. The van der Waals surface area contributed by atoms with Gasteiger partial charge in [-0.3, -0.25) is 10.1 Å². The predicted molar refractivity (Wildman–Crippen MR) is 53.1 cm³/mol. The second-order valence-electron chi connectivity index (χ2n) is 2.56. The van der Waals surface area contributed by atoms with Gasteiger partial charge in [-0.2, -0.15) is 5.26 Å². The largest absolute Gasteiger partial charge is 0.310 e. The lowest BCUT2D eigenvalue weighted by atomic mass is 10.1.